The minimum Gasteiger partial charge on any atom is -0.321 e. The number of amides is 1. The molecule has 2 aromatic carbocycles. The molecule has 1 heterocycles. The molecule has 0 aliphatic carbocycles. The van der Waals surface area contributed by atoms with Crippen LogP contribution in [0.5, 0.6) is 0 Å². The molecule has 0 atom stereocenters. The average molecular weight is 333 g/mol. The van der Waals surface area contributed by atoms with Crippen LogP contribution in [-0.2, 0) is 6.54 Å². The Bertz CT molecular complexity index is 837. The average Bonchev–Trinajstić information content (AvgIpc) is 3.16. The van der Waals surface area contributed by atoms with E-state index in [-0.39, 0.29) is 12.5 Å². The van der Waals surface area contributed by atoms with Gasteiger partial charge >= 0.3 is 0 Å². The number of rotatable bonds is 5. The van der Waals surface area contributed by atoms with E-state index < -0.39 is 0 Å². The maximum Gasteiger partial charge on any atom is 0.255 e. The molecule has 5 heteroatoms. The maximum absolute atomic E-state index is 12.7. The summed E-state index contributed by atoms with van der Waals surface area (Å²) in [6.07, 6.45) is 0. The summed E-state index contributed by atoms with van der Waals surface area (Å²) in [4.78, 5) is 18.5. The quantitative estimate of drug-likeness (QED) is 0.664. The van der Waals surface area contributed by atoms with Gasteiger partial charge in [0.05, 0.1) is 17.3 Å². The second-order valence-electron chi connectivity index (χ2n) is 5.26. The summed E-state index contributed by atoms with van der Waals surface area (Å²) in [5, 5.41) is 11.0. The van der Waals surface area contributed by atoms with E-state index in [1.165, 1.54) is 11.3 Å². The molecule has 0 spiro atoms. The summed E-state index contributed by atoms with van der Waals surface area (Å²) in [6.45, 7) is 0.475. The molecular weight excluding hydrogens is 318 g/mol. The molecule has 3 aromatic rings. The molecular formula is C19H15N3OS. The number of nitrogens with zero attached hydrogens (tertiary/aromatic N) is 3. The molecule has 1 amide bonds. The lowest BCUT2D eigenvalue weighted by atomic mass is 10.1. The smallest absolute Gasteiger partial charge is 0.255 e. The molecule has 0 aliphatic heterocycles. The van der Waals surface area contributed by atoms with E-state index in [0.29, 0.717) is 12.1 Å². The fraction of sp³-hybridized carbons (Fsp3) is 0.105. The van der Waals surface area contributed by atoms with Crippen LogP contribution < -0.4 is 0 Å². The van der Waals surface area contributed by atoms with Gasteiger partial charge in [-0.3, -0.25) is 4.79 Å². The predicted octanol–water partition coefficient (Wildman–Crippen LogP) is 3.98. The van der Waals surface area contributed by atoms with Crippen LogP contribution in [0, 0.1) is 11.3 Å². The first kappa shape index (κ1) is 15.9. The Hall–Kier alpha value is -2.97. The monoisotopic (exact) mass is 333 g/mol. The van der Waals surface area contributed by atoms with E-state index in [9.17, 15) is 4.79 Å². The molecule has 0 radical (unpaired) electrons. The number of carbonyl (C=O) groups is 1. The van der Waals surface area contributed by atoms with Gasteiger partial charge in [0.2, 0.25) is 0 Å². The van der Waals surface area contributed by atoms with Gasteiger partial charge in [0.25, 0.3) is 5.91 Å². The summed E-state index contributed by atoms with van der Waals surface area (Å²) in [5.74, 6) is -0.148. The van der Waals surface area contributed by atoms with Crippen molar-refractivity contribution in [3.8, 4) is 17.3 Å². The number of hydrogen-bond donors (Lipinski definition) is 0. The van der Waals surface area contributed by atoms with E-state index >= 15 is 0 Å². The zero-order valence-corrected chi connectivity index (χ0v) is 13.7. The Morgan fingerprint density at radius 2 is 1.88 bits per heavy atom. The predicted molar refractivity (Wildman–Crippen MR) is 94.3 cm³/mol. The fourth-order valence-corrected chi connectivity index (χ4v) is 2.97. The molecule has 118 valence electrons. The highest BCUT2D eigenvalue weighted by Gasteiger charge is 2.16. The summed E-state index contributed by atoms with van der Waals surface area (Å²) in [6, 6.07) is 19.1. The SMILES string of the molecule is N#CCN(Cc1ccccc1)C(=O)c1ccc(-c2cscn2)cc1. The zero-order chi connectivity index (χ0) is 16.8. The van der Waals surface area contributed by atoms with Gasteiger partial charge in [0.1, 0.15) is 6.54 Å². The Labute approximate surface area is 144 Å². The normalized spacial score (nSPS) is 10.1. The summed E-state index contributed by atoms with van der Waals surface area (Å²) in [5.41, 5.74) is 5.23. The minimum absolute atomic E-state index is 0.0571. The molecule has 0 aliphatic rings. The Morgan fingerprint density at radius 1 is 1.12 bits per heavy atom. The van der Waals surface area contributed by atoms with Crippen molar-refractivity contribution in [1.82, 2.24) is 9.88 Å². The number of nitriles is 1. The Morgan fingerprint density at radius 3 is 2.50 bits per heavy atom. The van der Waals surface area contributed by atoms with Crippen molar-refractivity contribution in [1.29, 1.82) is 5.26 Å². The molecule has 0 fully saturated rings. The van der Waals surface area contributed by atoms with Crippen molar-refractivity contribution >= 4 is 17.2 Å². The molecule has 24 heavy (non-hydrogen) atoms. The van der Waals surface area contributed by atoms with Crippen LogP contribution in [0.1, 0.15) is 15.9 Å². The summed E-state index contributed by atoms with van der Waals surface area (Å²) in [7, 11) is 0. The van der Waals surface area contributed by atoms with E-state index in [1.807, 2.05) is 47.8 Å². The fourth-order valence-electron chi connectivity index (χ4n) is 2.41. The maximum atomic E-state index is 12.7. The van der Waals surface area contributed by atoms with Crippen LogP contribution in [0.15, 0.2) is 65.5 Å². The van der Waals surface area contributed by atoms with Crippen LogP contribution in [0.4, 0.5) is 0 Å². The van der Waals surface area contributed by atoms with E-state index in [2.05, 4.69) is 11.1 Å². The molecule has 4 nitrogen and oxygen atoms in total. The van der Waals surface area contributed by atoms with Crippen LogP contribution in [0.25, 0.3) is 11.3 Å². The summed E-state index contributed by atoms with van der Waals surface area (Å²) >= 11 is 1.54. The third kappa shape index (κ3) is 3.67. The molecule has 0 bridgehead atoms. The van der Waals surface area contributed by atoms with Gasteiger partial charge in [0, 0.05) is 23.1 Å². The third-order valence-corrected chi connectivity index (χ3v) is 4.21. The first-order valence-electron chi connectivity index (χ1n) is 7.46. The minimum atomic E-state index is -0.148. The van der Waals surface area contributed by atoms with Gasteiger partial charge in [-0.2, -0.15) is 5.26 Å². The van der Waals surface area contributed by atoms with Crippen molar-refractivity contribution in [3.63, 3.8) is 0 Å². The number of thiazole rings is 1. The second-order valence-corrected chi connectivity index (χ2v) is 5.97. The Kier molecular flexibility index (Phi) is 4.99. The van der Waals surface area contributed by atoms with Gasteiger partial charge < -0.3 is 4.90 Å². The molecule has 0 saturated heterocycles. The van der Waals surface area contributed by atoms with Gasteiger partial charge in [-0.15, -0.1) is 11.3 Å². The highest BCUT2D eigenvalue weighted by molar-refractivity contribution is 7.07. The van der Waals surface area contributed by atoms with Gasteiger partial charge in [-0.25, -0.2) is 4.98 Å². The van der Waals surface area contributed by atoms with Crippen LogP contribution in [0.3, 0.4) is 0 Å². The highest BCUT2D eigenvalue weighted by atomic mass is 32.1. The molecule has 3 rings (SSSR count). The van der Waals surface area contributed by atoms with E-state index in [1.54, 1.807) is 22.5 Å². The van der Waals surface area contributed by atoms with Crippen molar-refractivity contribution in [2.75, 3.05) is 6.54 Å². The van der Waals surface area contributed by atoms with E-state index in [0.717, 1.165) is 16.8 Å². The van der Waals surface area contributed by atoms with Crippen LogP contribution in [-0.4, -0.2) is 22.3 Å². The van der Waals surface area contributed by atoms with Crippen molar-refractivity contribution in [2.24, 2.45) is 0 Å². The van der Waals surface area contributed by atoms with Crippen LogP contribution >= 0.6 is 11.3 Å². The molecule has 0 N–H and O–H groups in total. The first-order chi connectivity index (χ1) is 11.8. The standard InChI is InChI=1S/C19H15N3OS/c20-10-11-22(12-15-4-2-1-3-5-15)19(23)17-8-6-16(7-9-17)18-13-24-14-21-18/h1-9,13-14H,11-12H2. The highest BCUT2D eigenvalue weighted by Crippen LogP contribution is 2.20. The molecule has 1 aromatic heterocycles. The lowest BCUT2D eigenvalue weighted by molar-refractivity contribution is 0.0765. The molecule has 0 unspecified atom stereocenters. The summed E-state index contributed by atoms with van der Waals surface area (Å²) < 4.78 is 0. The topological polar surface area (TPSA) is 57.0 Å². The van der Waals surface area contributed by atoms with Crippen molar-refractivity contribution in [2.45, 2.75) is 6.54 Å². The third-order valence-electron chi connectivity index (χ3n) is 3.62. The van der Waals surface area contributed by atoms with Gasteiger partial charge in [-0.05, 0) is 17.7 Å². The number of carbonyl (C=O) groups excluding carboxylic acids is 1. The van der Waals surface area contributed by atoms with E-state index in [4.69, 9.17) is 5.26 Å². The number of aromatic nitrogens is 1. The van der Waals surface area contributed by atoms with Crippen LogP contribution in [0.2, 0.25) is 0 Å². The van der Waals surface area contributed by atoms with Crippen molar-refractivity contribution in [3.05, 3.63) is 76.6 Å². The lowest BCUT2D eigenvalue weighted by Crippen LogP contribution is -2.30. The zero-order valence-electron chi connectivity index (χ0n) is 12.9. The second kappa shape index (κ2) is 7.53. The number of hydrogen-bond acceptors (Lipinski definition) is 4. The van der Waals surface area contributed by atoms with Crippen molar-refractivity contribution < 1.29 is 4.79 Å². The molecule has 0 saturated carbocycles. The largest absolute Gasteiger partial charge is 0.321 e. The number of benzene rings is 2. The van der Waals surface area contributed by atoms with Gasteiger partial charge in [0.15, 0.2) is 0 Å². The van der Waals surface area contributed by atoms with Gasteiger partial charge in [-0.1, -0.05) is 42.5 Å². The Balaban J connectivity index is 1.78. The lowest BCUT2D eigenvalue weighted by Gasteiger charge is -2.20. The first-order valence-corrected chi connectivity index (χ1v) is 8.41.